The van der Waals surface area contributed by atoms with Crippen LogP contribution >= 0.6 is 0 Å². The van der Waals surface area contributed by atoms with Gasteiger partial charge in [-0.05, 0) is 67.3 Å². The summed E-state index contributed by atoms with van der Waals surface area (Å²) in [7, 11) is 0. The molecule has 2 N–H and O–H groups in total. The maximum atomic E-state index is 13.3. The van der Waals surface area contributed by atoms with Gasteiger partial charge in [-0.25, -0.2) is 9.97 Å². The molecule has 1 aromatic heterocycles. The van der Waals surface area contributed by atoms with E-state index in [0.717, 1.165) is 73.6 Å². The predicted octanol–water partition coefficient (Wildman–Crippen LogP) is 3.36. The van der Waals surface area contributed by atoms with Crippen LogP contribution in [0.25, 0.3) is 11.3 Å². The number of hydrogen-bond donors (Lipinski definition) is 2. The quantitative estimate of drug-likeness (QED) is 0.548. The van der Waals surface area contributed by atoms with Crippen LogP contribution in [0.3, 0.4) is 0 Å². The van der Waals surface area contributed by atoms with Crippen molar-refractivity contribution in [3.63, 3.8) is 0 Å². The van der Waals surface area contributed by atoms with Gasteiger partial charge in [0.05, 0.1) is 24.9 Å². The monoisotopic (exact) mass is 484 g/mol. The summed E-state index contributed by atoms with van der Waals surface area (Å²) < 4.78 is 5.56. The van der Waals surface area contributed by atoms with Crippen LogP contribution in [-0.4, -0.2) is 66.2 Å². The van der Waals surface area contributed by atoms with Crippen molar-refractivity contribution in [2.24, 2.45) is 0 Å². The van der Waals surface area contributed by atoms with Crippen molar-refractivity contribution in [2.75, 3.05) is 49.6 Å². The van der Waals surface area contributed by atoms with Gasteiger partial charge < -0.3 is 20.3 Å². The van der Waals surface area contributed by atoms with Crippen LogP contribution < -0.4 is 15.5 Å². The van der Waals surface area contributed by atoms with Crippen LogP contribution in [0.5, 0.6) is 0 Å². The van der Waals surface area contributed by atoms with Crippen molar-refractivity contribution in [3.8, 4) is 11.3 Å². The molecule has 3 aromatic rings. The lowest BCUT2D eigenvalue weighted by Gasteiger charge is -2.31. The van der Waals surface area contributed by atoms with Crippen molar-refractivity contribution in [1.29, 1.82) is 0 Å². The molecule has 8 heteroatoms. The highest BCUT2D eigenvalue weighted by Gasteiger charge is 2.30. The number of morpholine rings is 1. The van der Waals surface area contributed by atoms with Crippen LogP contribution in [0.1, 0.15) is 24.0 Å². The lowest BCUT2D eigenvalue weighted by Crippen LogP contribution is -2.44. The van der Waals surface area contributed by atoms with E-state index in [1.165, 1.54) is 5.56 Å². The maximum absolute atomic E-state index is 13.3. The molecule has 4 heterocycles. The standard InChI is InChI=1S/C28H32N6O2/c35-27-26-5-2-11-33(26)12-9-20-3-1-4-21(17-20)24-8-10-29-28(32-24)31-23-6-7-25(22(18-23)19-30-27)34-13-15-36-16-14-34/h1,3-4,6-8,10,17-18,26H,2,5,9,11-16,19H2,(H,30,35)(H,29,31,32)/t26-/m1/s1. The van der Waals surface area contributed by atoms with Crippen molar-refractivity contribution in [3.05, 3.63) is 65.9 Å². The molecule has 3 aliphatic heterocycles. The summed E-state index contributed by atoms with van der Waals surface area (Å²) in [5.74, 6) is 0.670. The second kappa shape index (κ2) is 10.2. The first-order valence-electron chi connectivity index (χ1n) is 12.9. The SMILES string of the molecule is O=C1NCc2cc(ccc2N2CCOCC2)Nc2nccc(n2)-c2cccc(c2)CCN2CCC[C@H]12. The molecule has 3 aliphatic rings. The number of benzene rings is 2. The van der Waals surface area contributed by atoms with Gasteiger partial charge in [-0.3, -0.25) is 9.69 Å². The molecule has 0 saturated carbocycles. The highest BCUT2D eigenvalue weighted by atomic mass is 16.5. The minimum absolute atomic E-state index is 0.0714. The number of rotatable bonds is 1. The van der Waals surface area contributed by atoms with Crippen molar-refractivity contribution in [2.45, 2.75) is 31.8 Å². The molecule has 0 aliphatic carbocycles. The highest BCUT2D eigenvalue weighted by molar-refractivity contribution is 5.82. The Morgan fingerprint density at radius 3 is 2.83 bits per heavy atom. The Kier molecular flexibility index (Phi) is 6.53. The van der Waals surface area contributed by atoms with Crippen molar-refractivity contribution >= 4 is 23.2 Å². The molecule has 186 valence electrons. The maximum Gasteiger partial charge on any atom is 0.237 e. The Morgan fingerprint density at radius 2 is 1.92 bits per heavy atom. The zero-order chi connectivity index (χ0) is 24.3. The minimum atomic E-state index is -0.0714. The summed E-state index contributed by atoms with van der Waals surface area (Å²) in [6.45, 7) is 5.42. The van der Waals surface area contributed by atoms with E-state index in [1.54, 1.807) is 6.20 Å². The zero-order valence-electron chi connectivity index (χ0n) is 20.4. The number of ether oxygens (including phenoxy) is 1. The first kappa shape index (κ1) is 22.9. The number of nitrogens with zero attached hydrogens (tertiary/aromatic N) is 4. The lowest BCUT2D eigenvalue weighted by atomic mass is 10.1. The molecule has 36 heavy (non-hydrogen) atoms. The average molecular weight is 485 g/mol. The molecular formula is C28H32N6O2. The largest absolute Gasteiger partial charge is 0.378 e. The summed E-state index contributed by atoms with van der Waals surface area (Å²) in [4.78, 5) is 27.2. The number of nitrogens with one attached hydrogen (secondary N) is 2. The van der Waals surface area contributed by atoms with Gasteiger partial charge in [0.1, 0.15) is 0 Å². The molecule has 2 fully saturated rings. The van der Waals surface area contributed by atoms with E-state index in [4.69, 9.17) is 9.72 Å². The van der Waals surface area contributed by atoms with E-state index in [2.05, 4.69) is 67.9 Å². The van der Waals surface area contributed by atoms with Gasteiger partial charge in [0.25, 0.3) is 0 Å². The van der Waals surface area contributed by atoms with E-state index in [0.29, 0.717) is 25.7 Å². The summed E-state index contributed by atoms with van der Waals surface area (Å²) in [6, 6.07) is 16.7. The van der Waals surface area contributed by atoms with Gasteiger partial charge in [0.2, 0.25) is 11.9 Å². The van der Waals surface area contributed by atoms with E-state index in [9.17, 15) is 4.79 Å². The van der Waals surface area contributed by atoms with E-state index < -0.39 is 0 Å². The number of hydrogen-bond acceptors (Lipinski definition) is 7. The van der Waals surface area contributed by atoms with E-state index >= 15 is 0 Å². The van der Waals surface area contributed by atoms with Crippen LogP contribution in [0.15, 0.2) is 54.7 Å². The fourth-order valence-electron chi connectivity index (χ4n) is 5.48. The van der Waals surface area contributed by atoms with Gasteiger partial charge in [-0.15, -0.1) is 0 Å². The molecule has 6 bridgehead atoms. The molecule has 0 unspecified atom stereocenters. The second-order valence-electron chi connectivity index (χ2n) is 9.70. The topological polar surface area (TPSA) is 82.6 Å². The second-order valence-corrected chi connectivity index (χ2v) is 9.70. The van der Waals surface area contributed by atoms with Gasteiger partial charge in [0.15, 0.2) is 0 Å². The third-order valence-electron chi connectivity index (χ3n) is 7.37. The summed E-state index contributed by atoms with van der Waals surface area (Å²) >= 11 is 0. The molecule has 2 aromatic carbocycles. The molecular weight excluding hydrogens is 452 g/mol. The zero-order valence-corrected chi connectivity index (χ0v) is 20.4. The Bertz CT molecular complexity index is 1240. The summed E-state index contributed by atoms with van der Waals surface area (Å²) in [5, 5.41) is 6.63. The number of aromatic nitrogens is 2. The minimum Gasteiger partial charge on any atom is -0.378 e. The van der Waals surface area contributed by atoms with Crippen LogP contribution in [0.2, 0.25) is 0 Å². The third kappa shape index (κ3) is 4.92. The number of carbonyl (C=O) groups excluding carboxylic acids is 1. The average Bonchev–Trinajstić information content (AvgIpc) is 3.40. The molecule has 8 nitrogen and oxygen atoms in total. The van der Waals surface area contributed by atoms with Gasteiger partial charge in [0, 0.05) is 49.3 Å². The lowest BCUT2D eigenvalue weighted by molar-refractivity contribution is -0.125. The smallest absolute Gasteiger partial charge is 0.237 e. The Balaban J connectivity index is 1.37. The third-order valence-corrected chi connectivity index (χ3v) is 7.37. The number of fused-ring (bicyclic) bond motifs is 8. The van der Waals surface area contributed by atoms with E-state index in [-0.39, 0.29) is 11.9 Å². The predicted molar refractivity (Wildman–Crippen MR) is 140 cm³/mol. The molecule has 1 atom stereocenters. The molecule has 6 rings (SSSR count). The molecule has 2 saturated heterocycles. The Hall–Kier alpha value is -3.49. The number of anilines is 3. The molecule has 0 spiro atoms. The van der Waals surface area contributed by atoms with Gasteiger partial charge in [-0.1, -0.05) is 18.2 Å². The van der Waals surface area contributed by atoms with Crippen molar-refractivity contribution < 1.29 is 9.53 Å². The number of carbonyl (C=O) groups is 1. The van der Waals surface area contributed by atoms with E-state index in [1.807, 2.05) is 6.07 Å². The normalized spacial score (nSPS) is 20.7. The summed E-state index contributed by atoms with van der Waals surface area (Å²) in [6.07, 6.45) is 4.66. The van der Waals surface area contributed by atoms with Gasteiger partial charge in [-0.2, -0.15) is 0 Å². The fraction of sp³-hybridized carbons (Fsp3) is 0.393. The first-order valence-corrected chi connectivity index (χ1v) is 12.9. The Morgan fingerprint density at radius 1 is 1.00 bits per heavy atom. The first-order chi connectivity index (χ1) is 17.7. The van der Waals surface area contributed by atoms with Crippen LogP contribution in [0, 0.1) is 0 Å². The molecule has 0 radical (unpaired) electrons. The highest BCUT2D eigenvalue weighted by Crippen LogP contribution is 2.28. The van der Waals surface area contributed by atoms with Crippen LogP contribution in [0.4, 0.5) is 17.3 Å². The fourth-order valence-corrected chi connectivity index (χ4v) is 5.48. The van der Waals surface area contributed by atoms with Crippen molar-refractivity contribution in [1.82, 2.24) is 20.2 Å². The van der Waals surface area contributed by atoms with Crippen LogP contribution in [-0.2, 0) is 22.5 Å². The van der Waals surface area contributed by atoms with Gasteiger partial charge >= 0.3 is 0 Å². The number of amides is 1. The Labute approximate surface area is 211 Å². The summed E-state index contributed by atoms with van der Waals surface area (Å²) in [5.41, 5.74) is 6.32. The molecule has 1 amide bonds.